The molecule has 16 heavy (non-hydrogen) atoms. The number of aliphatic hydroxyl groups excluding tert-OH is 2. The van der Waals surface area contributed by atoms with Gasteiger partial charge in [-0.25, -0.2) is 13.1 Å². The van der Waals surface area contributed by atoms with Gasteiger partial charge in [-0.1, -0.05) is 0 Å². The fourth-order valence-electron chi connectivity index (χ4n) is 1.07. The molecule has 1 aromatic heterocycles. The number of rotatable bonds is 6. The van der Waals surface area contributed by atoms with Crippen molar-refractivity contribution in [3.8, 4) is 0 Å². The fraction of sp³-hybridized carbons (Fsp3) is 0.556. The van der Waals surface area contributed by atoms with Crippen molar-refractivity contribution in [2.75, 3.05) is 13.2 Å². The Hall–Kier alpha value is -0.470. The van der Waals surface area contributed by atoms with Crippen molar-refractivity contribution < 1.29 is 18.6 Å². The second kappa shape index (κ2) is 5.74. The predicted molar refractivity (Wildman–Crippen MR) is 62.0 cm³/mol. The minimum atomic E-state index is -3.47. The Bertz CT molecular complexity index is 426. The van der Waals surface area contributed by atoms with Gasteiger partial charge >= 0.3 is 0 Å². The molecule has 0 aromatic carbocycles. The molecule has 5 nitrogen and oxygen atoms in total. The Labute approximate surface area is 98.8 Å². The van der Waals surface area contributed by atoms with Crippen LogP contribution in [-0.4, -0.2) is 37.9 Å². The monoisotopic (exact) mass is 265 g/mol. The quantitative estimate of drug-likeness (QED) is 0.680. The maximum absolute atomic E-state index is 11.7. The van der Waals surface area contributed by atoms with Crippen LogP contribution in [0.3, 0.4) is 0 Å². The van der Waals surface area contributed by atoms with Crippen molar-refractivity contribution >= 4 is 21.4 Å². The third-order valence-electron chi connectivity index (χ3n) is 1.95. The SMILES string of the molecule is Cc1csc(S(=O)(=O)NCC[C@@H](O)CO)c1. The van der Waals surface area contributed by atoms with E-state index in [0.717, 1.165) is 16.9 Å². The molecular formula is C9H15NO4S2. The van der Waals surface area contributed by atoms with E-state index in [2.05, 4.69) is 4.72 Å². The number of nitrogens with one attached hydrogen (secondary N) is 1. The lowest BCUT2D eigenvalue weighted by Crippen LogP contribution is -2.27. The van der Waals surface area contributed by atoms with Crippen molar-refractivity contribution in [3.63, 3.8) is 0 Å². The van der Waals surface area contributed by atoms with Crippen molar-refractivity contribution in [2.45, 2.75) is 23.7 Å². The average molecular weight is 265 g/mol. The molecule has 7 heteroatoms. The first-order valence-corrected chi connectivity index (χ1v) is 7.15. The number of hydrogen-bond acceptors (Lipinski definition) is 5. The zero-order valence-corrected chi connectivity index (χ0v) is 10.5. The number of aryl methyl sites for hydroxylation is 1. The van der Waals surface area contributed by atoms with Crippen LogP contribution < -0.4 is 4.72 Å². The van der Waals surface area contributed by atoms with Crippen LogP contribution in [0.25, 0.3) is 0 Å². The lowest BCUT2D eigenvalue weighted by Gasteiger charge is -2.07. The van der Waals surface area contributed by atoms with Gasteiger partial charge in [-0.05, 0) is 30.4 Å². The Morgan fingerprint density at radius 3 is 2.75 bits per heavy atom. The molecule has 0 amide bonds. The van der Waals surface area contributed by atoms with Crippen LogP contribution in [-0.2, 0) is 10.0 Å². The number of hydrogen-bond donors (Lipinski definition) is 3. The summed E-state index contributed by atoms with van der Waals surface area (Å²) < 4.78 is 26.0. The van der Waals surface area contributed by atoms with Gasteiger partial charge in [0.1, 0.15) is 4.21 Å². The summed E-state index contributed by atoms with van der Waals surface area (Å²) in [7, 11) is -3.47. The summed E-state index contributed by atoms with van der Waals surface area (Å²) in [5.74, 6) is 0. The molecule has 0 aliphatic heterocycles. The molecule has 0 unspecified atom stereocenters. The largest absolute Gasteiger partial charge is 0.394 e. The second-order valence-electron chi connectivity index (χ2n) is 3.47. The van der Waals surface area contributed by atoms with E-state index < -0.39 is 16.1 Å². The molecule has 3 N–H and O–H groups in total. The van der Waals surface area contributed by atoms with E-state index in [1.165, 1.54) is 0 Å². The Morgan fingerprint density at radius 1 is 1.56 bits per heavy atom. The van der Waals surface area contributed by atoms with Gasteiger partial charge in [-0.3, -0.25) is 0 Å². The standard InChI is InChI=1S/C9H15NO4S2/c1-7-4-9(15-6-7)16(13,14)10-3-2-8(12)5-11/h4,6,8,10-12H,2-3,5H2,1H3/t8-/m1/s1. The summed E-state index contributed by atoms with van der Waals surface area (Å²) in [6.07, 6.45) is -0.687. The van der Waals surface area contributed by atoms with Crippen LogP contribution in [0, 0.1) is 6.92 Å². The number of sulfonamides is 1. The van der Waals surface area contributed by atoms with E-state index in [-0.39, 0.29) is 23.8 Å². The van der Waals surface area contributed by atoms with E-state index in [0.29, 0.717) is 0 Å². The molecule has 1 atom stereocenters. The Balaban J connectivity index is 2.53. The number of aliphatic hydroxyl groups is 2. The van der Waals surface area contributed by atoms with E-state index in [9.17, 15) is 8.42 Å². The highest BCUT2D eigenvalue weighted by Gasteiger charge is 2.15. The molecule has 0 saturated heterocycles. The highest BCUT2D eigenvalue weighted by Crippen LogP contribution is 2.18. The highest BCUT2D eigenvalue weighted by atomic mass is 32.2. The molecule has 0 saturated carbocycles. The third kappa shape index (κ3) is 3.84. The van der Waals surface area contributed by atoms with Gasteiger partial charge in [0.15, 0.2) is 0 Å². The van der Waals surface area contributed by atoms with Gasteiger partial charge in [0, 0.05) is 6.54 Å². The molecule has 0 aliphatic carbocycles. The first kappa shape index (κ1) is 13.6. The normalized spacial score (nSPS) is 13.9. The predicted octanol–water partition coefficient (Wildman–Crippen LogP) is 0.0781. The lowest BCUT2D eigenvalue weighted by atomic mass is 10.3. The Morgan fingerprint density at radius 2 is 2.25 bits per heavy atom. The maximum atomic E-state index is 11.7. The molecule has 0 aliphatic rings. The molecule has 1 aromatic rings. The van der Waals surface area contributed by atoms with Crippen molar-refractivity contribution in [1.82, 2.24) is 4.72 Å². The van der Waals surface area contributed by atoms with Crippen LogP contribution in [0.2, 0.25) is 0 Å². The van der Waals surface area contributed by atoms with Gasteiger partial charge in [0.25, 0.3) is 0 Å². The van der Waals surface area contributed by atoms with Crippen LogP contribution in [0.5, 0.6) is 0 Å². The van der Waals surface area contributed by atoms with E-state index in [4.69, 9.17) is 10.2 Å². The van der Waals surface area contributed by atoms with Crippen molar-refractivity contribution in [3.05, 3.63) is 17.0 Å². The van der Waals surface area contributed by atoms with Gasteiger partial charge < -0.3 is 10.2 Å². The number of thiophene rings is 1. The zero-order chi connectivity index (χ0) is 12.2. The van der Waals surface area contributed by atoms with Gasteiger partial charge in [-0.15, -0.1) is 11.3 Å². The molecule has 1 heterocycles. The minimum absolute atomic E-state index is 0.112. The molecular weight excluding hydrogens is 250 g/mol. The maximum Gasteiger partial charge on any atom is 0.250 e. The average Bonchev–Trinajstić information content (AvgIpc) is 2.65. The van der Waals surface area contributed by atoms with Gasteiger partial charge in [0.05, 0.1) is 12.7 Å². The first-order chi connectivity index (χ1) is 7.45. The first-order valence-electron chi connectivity index (χ1n) is 4.79. The van der Waals surface area contributed by atoms with Gasteiger partial charge in [0.2, 0.25) is 10.0 Å². The molecule has 0 radical (unpaired) electrons. The summed E-state index contributed by atoms with van der Waals surface area (Å²) in [5, 5.41) is 19.4. The van der Waals surface area contributed by atoms with Crippen molar-refractivity contribution in [1.29, 1.82) is 0 Å². The Kier molecular flexibility index (Phi) is 4.88. The topological polar surface area (TPSA) is 86.6 Å². The molecule has 92 valence electrons. The summed E-state index contributed by atoms with van der Waals surface area (Å²) in [4.78, 5) is 0. The smallest absolute Gasteiger partial charge is 0.250 e. The minimum Gasteiger partial charge on any atom is -0.394 e. The molecule has 0 spiro atoms. The summed E-state index contributed by atoms with van der Waals surface area (Å²) in [6, 6.07) is 1.59. The highest BCUT2D eigenvalue weighted by molar-refractivity contribution is 7.91. The van der Waals surface area contributed by atoms with E-state index in [1.807, 2.05) is 6.92 Å². The molecule has 0 fully saturated rings. The molecule has 1 rings (SSSR count). The summed E-state index contributed by atoms with van der Waals surface area (Å²) >= 11 is 1.16. The fourth-order valence-corrected chi connectivity index (χ4v) is 3.39. The van der Waals surface area contributed by atoms with Gasteiger partial charge in [-0.2, -0.15) is 0 Å². The third-order valence-corrected chi connectivity index (χ3v) is 4.97. The van der Waals surface area contributed by atoms with Crippen LogP contribution in [0.15, 0.2) is 15.7 Å². The molecule has 0 bridgehead atoms. The van der Waals surface area contributed by atoms with Crippen LogP contribution in [0.1, 0.15) is 12.0 Å². The van der Waals surface area contributed by atoms with Crippen LogP contribution >= 0.6 is 11.3 Å². The second-order valence-corrected chi connectivity index (χ2v) is 6.37. The summed E-state index contributed by atoms with van der Waals surface area (Å²) in [6.45, 7) is 1.58. The van der Waals surface area contributed by atoms with E-state index in [1.54, 1.807) is 11.4 Å². The van der Waals surface area contributed by atoms with Crippen LogP contribution in [0.4, 0.5) is 0 Å². The van der Waals surface area contributed by atoms with E-state index >= 15 is 0 Å². The summed E-state index contributed by atoms with van der Waals surface area (Å²) in [5.41, 5.74) is 0.903. The zero-order valence-electron chi connectivity index (χ0n) is 8.88. The lowest BCUT2D eigenvalue weighted by molar-refractivity contribution is 0.0895. The van der Waals surface area contributed by atoms with Crippen molar-refractivity contribution in [2.24, 2.45) is 0 Å².